The zero-order valence-electron chi connectivity index (χ0n) is 19.2. The Kier molecular flexibility index (Phi) is 26.8. The van der Waals surface area contributed by atoms with Crippen LogP contribution in [0.15, 0.2) is 0 Å². The van der Waals surface area contributed by atoms with Crippen molar-refractivity contribution in [3.63, 3.8) is 0 Å². The van der Waals surface area contributed by atoms with Crippen LogP contribution in [-0.2, 0) is 9.53 Å². The molecule has 0 bridgehead atoms. The van der Waals surface area contributed by atoms with Gasteiger partial charge in [0.25, 0.3) is 0 Å². The van der Waals surface area contributed by atoms with E-state index in [4.69, 9.17) is 4.74 Å². The Morgan fingerprint density at radius 1 is 0.750 bits per heavy atom. The minimum atomic E-state index is -0.0942. The molecular formula is C24H50BrNO2. The largest absolute Gasteiger partial charge is 0.464 e. The van der Waals surface area contributed by atoms with Crippen molar-refractivity contribution in [2.24, 2.45) is 5.92 Å². The minimum Gasteiger partial charge on any atom is -0.464 e. The monoisotopic (exact) mass is 463 g/mol. The molecule has 0 saturated carbocycles. The number of hydrogen-bond donors (Lipinski definition) is 1. The van der Waals surface area contributed by atoms with E-state index in [0.717, 1.165) is 19.0 Å². The van der Waals surface area contributed by atoms with Crippen LogP contribution in [0.1, 0.15) is 124 Å². The molecule has 28 heavy (non-hydrogen) atoms. The Labute approximate surface area is 186 Å². The second-order valence-corrected chi connectivity index (χ2v) is 8.11. The van der Waals surface area contributed by atoms with E-state index in [1.54, 1.807) is 0 Å². The lowest BCUT2D eigenvalue weighted by Gasteiger charge is -2.18. The highest BCUT2D eigenvalue weighted by Crippen LogP contribution is 2.19. The van der Waals surface area contributed by atoms with Crippen LogP contribution >= 0.6 is 17.0 Å². The van der Waals surface area contributed by atoms with Crippen LogP contribution < -0.4 is 5.32 Å². The molecule has 0 aliphatic carbocycles. The maximum atomic E-state index is 11.2. The lowest BCUT2D eigenvalue weighted by molar-refractivity contribution is -0.143. The molecule has 0 heterocycles. The summed E-state index contributed by atoms with van der Waals surface area (Å²) in [7, 11) is 0. The van der Waals surface area contributed by atoms with Crippen LogP contribution in [-0.4, -0.2) is 25.7 Å². The lowest BCUT2D eigenvalue weighted by atomic mass is 9.94. The van der Waals surface area contributed by atoms with Gasteiger partial charge in [0.1, 0.15) is 6.61 Å². The maximum absolute atomic E-state index is 11.2. The van der Waals surface area contributed by atoms with E-state index >= 15 is 0 Å². The second-order valence-electron chi connectivity index (χ2n) is 8.11. The third-order valence-corrected chi connectivity index (χ3v) is 5.45. The quantitative estimate of drug-likeness (QED) is 0.140. The van der Waals surface area contributed by atoms with Gasteiger partial charge >= 0.3 is 5.97 Å². The first-order valence-corrected chi connectivity index (χ1v) is 12.1. The summed E-state index contributed by atoms with van der Waals surface area (Å²) in [4.78, 5) is 11.2. The maximum Gasteiger partial charge on any atom is 0.305 e. The molecule has 0 fully saturated rings. The molecule has 0 aromatic carbocycles. The smallest absolute Gasteiger partial charge is 0.305 e. The summed E-state index contributed by atoms with van der Waals surface area (Å²) in [5.74, 6) is 0.691. The molecular weight excluding hydrogens is 414 g/mol. The Morgan fingerprint density at radius 2 is 1.21 bits per heavy atom. The Bertz CT molecular complexity index is 313. The van der Waals surface area contributed by atoms with Crippen molar-refractivity contribution in [3.05, 3.63) is 0 Å². The number of nitrogens with one attached hydrogen (secondary N) is 1. The molecule has 0 rings (SSSR count). The fourth-order valence-electron chi connectivity index (χ4n) is 3.60. The highest BCUT2D eigenvalue weighted by atomic mass is 79.9. The Morgan fingerprint density at radius 3 is 1.68 bits per heavy atom. The van der Waals surface area contributed by atoms with Crippen LogP contribution in [0.5, 0.6) is 0 Å². The highest BCUT2D eigenvalue weighted by Gasteiger charge is 2.08. The topological polar surface area (TPSA) is 38.3 Å². The summed E-state index contributed by atoms with van der Waals surface area (Å²) in [6.07, 6.45) is 21.2. The summed E-state index contributed by atoms with van der Waals surface area (Å²) < 4.78 is 5.15. The van der Waals surface area contributed by atoms with Crippen molar-refractivity contribution >= 4 is 23.0 Å². The van der Waals surface area contributed by atoms with E-state index in [9.17, 15) is 4.79 Å². The average molecular weight is 465 g/mol. The van der Waals surface area contributed by atoms with Crippen LogP contribution in [0.3, 0.4) is 0 Å². The van der Waals surface area contributed by atoms with Gasteiger partial charge in [-0.3, -0.25) is 4.79 Å². The van der Waals surface area contributed by atoms with Crippen LogP contribution in [0.4, 0.5) is 0 Å². The highest BCUT2D eigenvalue weighted by molar-refractivity contribution is 8.93. The standard InChI is InChI=1S/C24H49NO2.BrH/c1-4-7-9-11-12-13-15-17-19-23(18-16-14-10-8-5-2)22-25-20-21-27-24(26)6-3;/h23,25H,4-22H2,1-3H3;1H. The SMILES string of the molecule is Br.CCCCCCCCCCC(CCCCCCC)CNCCOC(=O)CC. The van der Waals surface area contributed by atoms with Gasteiger partial charge in [0.2, 0.25) is 0 Å². The minimum absolute atomic E-state index is 0. The number of ether oxygens (including phenoxy) is 1. The number of hydrogen-bond acceptors (Lipinski definition) is 3. The third kappa shape index (κ3) is 22.2. The van der Waals surface area contributed by atoms with Crippen molar-refractivity contribution < 1.29 is 9.53 Å². The zero-order chi connectivity index (χ0) is 20.0. The molecule has 0 amide bonds. The van der Waals surface area contributed by atoms with E-state index < -0.39 is 0 Å². The molecule has 0 spiro atoms. The van der Waals surface area contributed by atoms with Crippen LogP contribution in [0.2, 0.25) is 0 Å². The van der Waals surface area contributed by atoms with Gasteiger partial charge in [-0.15, -0.1) is 17.0 Å². The summed E-state index contributed by atoms with van der Waals surface area (Å²) in [6, 6.07) is 0. The molecule has 0 aromatic rings. The molecule has 4 heteroatoms. The van der Waals surface area contributed by atoms with Gasteiger partial charge in [0, 0.05) is 13.0 Å². The number of carbonyl (C=O) groups is 1. The first kappa shape index (κ1) is 30.1. The molecule has 0 aromatic heterocycles. The van der Waals surface area contributed by atoms with Crippen molar-refractivity contribution in [1.82, 2.24) is 5.32 Å². The normalized spacial score (nSPS) is 11.8. The molecule has 170 valence electrons. The van der Waals surface area contributed by atoms with Gasteiger partial charge in [-0.25, -0.2) is 0 Å². The first-order chi connectivity index (χ1) is 13.2. The van der Waals surface area contributed by atoms with Gasteiger partial charge in [0.15, 0.2) is 0 Å². The molecule has 0 saturated heterocycles. The zero-order valence-corrected chi connectivity index (χ0v) is 21.0. The first-order valence-electron chi connectivity index (χ1n) is 12.1. The molecule has 3 nitrogen and oxygen atoms in total. The van der Waals surface area contributed by atoms with Gasteiger partial charge in [0.05, 0.1) is 0 Å². The van der Waals surface area contributed by atoms with E-state index in [-0.39, 0.29) is 23.0 Å². The Balaban J connectivity index is 0. The van der Waals surface area contributed by atoms with E-state index in [1.807, 2.05) is 6.92 Å². The summed E-state index contributed by atoms with van der Waals surface area (Å²) in [5.41, 5.74) is 0. The lowest BCUT2D eigenvalue weighted by Crippen LogP contribution is -2.27. The summed E-state index contributed by atoms with van der Waals surface area (Å²) in [5, 5.41) is 3.52. The fraction of sp³-hybridized carbons (Fsp3) is 0.958. The van der Waals surface area contributed by atoms with Gasteiger partial charge in [-0.05, 0) is 25.3 Å². The van der Waals surface area contributed by atoms with Crippen molar-refractivity contribution in [1.29, 1.82) is 0 Å². The van der Waals surface area contributed by atoms with E-state index in [0.29, 0.717) is 13.0 Å². The predicted octanol–water partition coefficient (Wildman–Crippen LogP) is 7.61. The Hall–Kier alpha value is -0.0900. The molecule has 0 aliphatic heterocycles. The predicted molar refractivity (Wildman–Crippen MR) is 129 cm³/mol. The number of esters is 1. The van der Waals surface area contributed by atoms with Crippen molar-refractivity contribution in [3.8, 4) is 0 Å². The number of carbonyl (C=O) groups excluding carboxylic acids is 1. The van der Waals surface area contributed by atoms with Crippen LogP contribution in [0.25, 0.3) is 0 Å². The van der Waals surface area contributed by atoms with Gasteiger partial charge in [-0.1, -0.05) is 104 Å². The molecule has 1 N–H and O–H groups in total. The average Bonchev–Trinajstić information content (AvgIpc) is 2.68. The molecule has 1 unspecified atom stereocenters. The van der Waals surface area contributed by atoms with E-state index in [1.165, 1.54) is 96.3 Å². The number of unbranched alkanes of at least 4 members (excludes halogenated alkanes) is 11. The van der Waals surface area contributed by atoms with Gasteiger partial charge < -0.3 is 10.1 Å². The number of rotatable bonds is 21. The summed E-state index contributed by atoms with van der Waals surface area (Å²) >= 11 is 0. The van der Waals surface area contributed by atoms with Crippen LogP contribution in [0, 0.1) is 5.92 Å². The van der Waals surface area contributed by atoms with Crippen molar-refractivity contribution in [2.75, 3.05) is 19.7 Å². The third-order valence-electron chi connectivity index (χ3n) is 5.45. The number of halogens is 1. The molecule has 0 aliphatic rings. The summed E-state index contributed by atoms with van der Waals surface area (Å²) in [6.45, 7) is 8.77. The van der Waals surface area contributed by atoms with E-state index in [2.05, 4.69) is 19.2 Å². The molecule has 1 atom stereocenters. The second kappa shape index (κ2) is 24.9. The van der Waals surface area contributed by atoms with Crippen molar-refractivity contribution in [2.45, 2.75) is 124 Å². The molecule has 0 radical (unpaired) electrons. The fourth-order valence-corrected chi connectivity index (χ4v) is 3.60. The van der Waals surface area contributed by atoms with Gasteiger partial charge in [-0.2, -0.15) is 0 Å².